The van der Waals surface area contributed by atoms with Crippen LogP contribution in [0.1, 0.15) is 86.5 Å². The molecule has 0 heterocycles. The van der Waals surface area contributed by atoms with Gasteiger partial charge in [0.1, 0.15) is 6.07 Å². The standard InChI is InChI=1S/C29H39NO3/c1-17-19-7-8-27(5)22(26(19,4)14-18(16-30)24(17)32)13-21(31)23-20-15-25(2,3)9-11-29(20,33)12-10-28(23,27)6/h13-14,17,19-20,23,33H,7-12,15H2,1-6H3/t17-,19?,20?,23?,26-,27+,28+,29-/m0/s1. The number of carbonyl (C=O) groups excluding carboxylic acids is 2. The Labute approximate surface area is 198 Å². The van der Waals surface area contributed by atoms with Crippen LogP contribution < -0.4 is 0 Å². The maximum absolute atomic E-state index is 14.0. The Morgan fingerprint density at radius 1 is 1.00 bits per heavy atom. The minimum Gasteiger partial charge on any atom is -0.390 e. The summed E-state index contributed by atoms with van der Waals surface area (Å²) in [6.45, 7) is 13.3. The second-order valence-electron chi connectivity index (χ2n) is 13.5. The molecule has 0 aromatic carbocycles. The highest BCUT2D eigenvalue weighted by Gasteiger charge is 2.68. The summed E-state index contributed by atoms with van der Waals surface area (Å²) in [5.41, 5.74) is -0.130. The Bertz CT molecular complexity index is 1050. The summed E-state index contributed by atoms with van der Waals surface area (Å²) in [5, 5.41) is 21.4. The minimum atomic E-state index is -0.738. The number of nitrogens with zero attached hydrogens (tertiary/aromatic N) is 1. The molecule has 4 nitrogen and oxygen atoms in total. The van der Waals surface area contributed by atoms with Crippen molar-refractivity contribution in [3.05, 3.63) is 23.3 Å². The van der Waals surface area contributed by atoms with Gasteiger partial charge in [-0.2, -0.15) is 5.26 Å². The Hall–Kier alpha value is -1.73. The number of nitriles is 1. The second-order valence-corrected chi connectivity index (χ2v) is 13.5. The van der Waals surface area contributed by atoms with E-state index in [0.717, 1.165) is 50.5 Å². The van der Waals surface area contributed by atoms with E-state index >= 15 is 0 Å². The van der Waals surface area contributed by atoms with Crippen molar-refractivity contribution in [2.24, 2.45) is 45.3 Å². The fourth-order valence-corrected chi connectivity index (χ4v) is 9.23. The van der Waals surface area contributed by atoms with Crippen LogP contribution in [-0.2, 0) is 9.59 Å². The third kappa shape index (κ3) is 2.78. The molecule has 0 spiro atoms. The maximum atomic E-state index is 14.0. The lowest BCUT2D eigenvalue weighted by molar-refractivity contribution is -0.194. The molecule has 3 unspecified atom stereocenters. The molecule has 0 amide bonds. The molecule has 5 aliphatic carbocycles. The normalized spacial score (nSPS) is 50.6. The number of fused-ring (bicyclic) bond motifs is 7. The van der Waals surface area contributed by atoms with Gasteiger partial charge in [-0.1, -0.05) is 53.2 Å². The molecule has 5 rings (SSSR count). The van der Waals surface area contributed by atoms with Crippen LogP contribution in [0.5, 0.6) is 0 Å². The maximum Gasteiger partial charge on any atom is 0.176 e. The van der Waals surface area contributed by atoms with Crippen molar-refractivity contribution in [2.45, 2.75) is 92.1 Å². The summed E-state index contributed by atoms with van der Waals surface area (Å²) in [4.78, 5) is 26.8. The molecule has 0 saturated heterocycles. The molecule has 0 aromatic heterocycles. The summed E-state index contributed by atoms with van der Waals surface area (Å²) in [7, 11) is 0. The molecule has 3 fully saturated rings. The summed E-state index contributed by atoms with van der Waals surface area (Å²) < 4.78 is 0. The predicted molar refractivity (Wildman–Crippen MR) is 127 cm³/mol. The van der Waals surface area contributed by atoms with Crippen LogP contribution in [0.25, 0.3) is 0 Å². The van der Waals surface area contributed by atoms with E-state index in [1.807, 2.05) is 19.1 Å². The molecule has 8 atom stereocenters. The quantitative estimate of drug-likeness (QED) is 0.525. The average molecular weight is 450 g/mol. The predicted octanol–water partition coefficient (Wildman–Crippen LogP) is 5.56. The van der Waals surface area contributed by atoms with Crippen molar-refractivity contribution in [2.75, 3.05) is 0 Å². The van der Waals surface area contributed by atoms with E-state index in [4.69, 9.17) is 0 Å². The molecule has 3 saturated carbocycles. The molecule has 0 radical (unpaired) electrons. The largest absolute Gasteiger partial charge is 0.390 e. The van der Waals surface area contributed by atoms with Gasteiger partial charge in [-0.15, -0.1) is 0 Å². The van der Waals surface area contributed by atoms with E-state index in [2.05, 4.69) is 40.7 Å². The van der Waals surface area contributed by atoms with Crippen LogP contribution in [0.4, 0.5) is 0 Å². The molecule has 0 aliphatic heterocycles. The lowest BCUT2D eigenvalue weighted by Gasteiger charge is -2.68. The Kier molecular flexibility index (Phi) is 4.67. The van der Waals surface area contributed by atoms with Gasteiger partial charge in [0.2, 0.25) is 0 Å². The highest BCUT2D eigenvalue weighted by Crippen LogP contribution is 2.72. The number of carbonyl (C=O) groups is 2. The molecule has 1 N–H and O–H groups in total. The smallest absolute Gasteiger partial charge is 0.176 e. The third-order valence-electron chi connectivity index (χ3n) is 11.5. The zero-order valence-corrected chi connectivity index (χ0v) is 21.1. The fraction of sp³-hybridized carbons (Fsp3) is 0.759. The molecular weight excluding hydrogens is 410 g/mol. The van der Waals surface area contributed by atoms with Crippen molar-refractivity contribution in [1.29, 1.82) is 5.26 Å². The zero-order chi connectivity index (χ0) is 24.2. The van der Waals surface area contributed by atoms with Gasteiger partial charge in [0.05, 0.1) is 11.2 Å². The lowest BCUT2D eigenvalue weighted by atomic mass is 9.36. The van der Waals surface area contributed by atoms with Gasteiger partial charge in [0.25, 0.3) is 0 Å². The van der Waals surface area contributed by atoms with Crippen molar-refractivity contribution < 1.29 is 14.7 Å². The van der Waals surface area contributed by atoms with Crippen molar-refractivity contribution in [1.82, 2.24) is 0 Å². The first kappa shape index (κ1) is 23.0. The number of hydrogen-bond donors (Lipinski definition) is 1. The summed E-state index contributed by atoms with van der Waals surface area (Å²) in [6.07, 6.45) is 9.93. The number of Topliss-reactive ketones (excluding diaryl/α,β-unsaturated/α-hetero) is 1. The van der Waals surface area contributed by atoms with Crippen LogP contribution >= 0.6 is 0 Å². The summed E-state index contributed by atoms with van der Waals surface area (Å²) in [6, 6.07) is 2.14. The average Bonchev–Trinajstić information content (AvgIpc) is 2.74. The van der Waals surface area contributed by atoms with Crippen molar-refractivity contribution in [3.8, 4) is 6.07 Å². The fourth-order valence-electron chi connectivity index (χ4n) is 9.23. The highest BCUT2D eigenvalue weighted by molar-refractivity contribution is 6.02. The molecule has 178 valence electrons. The van der Waals surface area contributed by atoms with Crippen LogP contribution in [0, 0.1) is 56.7 Å². The summed E-state index contributed by atoms with van der Waals surface area (Å²) >= 11 is 0. The SMILES string of the molecule is C[C@@H]1C(=O)C(C#N)=C[C@]2(C)C3=CC(=O)C4C5CC(C)(C)CC[C@]5(O)CC[C@@]4(C)[C@]3(C)CCC12. The van der Waals surface area contributed by atoms with Gasteiger partial charge in [-0.25, -0.2) is 0 Å². The van der Waals surface area contributed by atoms with Gasteiger partial charge in [-0.05, 0) is 79.1 Å². The van der Waals surface area contributed by atoms with Crippen LogP contribution in [0.15, 0.2) is 23.3 Å². The van der Waals surface area contributed by atoms with Crippen LogP contribution in [0.3, 0.4) is 0 Å². The molecule has 0 aromatic rings. The van der Waals surface area contributed by atoms with E-state index in [1.165, 1.54) is 0 Å². The number of allylic oxidation sites excluding steroid dienone is 4. The van der Waals surface area contributed by atoms with E-state index < -0.39 is 11.0 Å². The Morgan fingerprint density at radius 2 is 1.67 bits per heavy atom. The van der Waals surface area contributed by atoms with Crippen LogP contribution in [0.2, 0.25) is 0 Å². The Balaban J connectivity index is 1.68. The highest BCUT2D eigenvalue weighted by atomic mass is 16.3. The first-order chi connectivity index (χ1) is 15.2. The number of hydrogen-bond acceptors (Lipinski definition) is 4. The zero-order valence-electron chi connectivity index (χ0n) is 21.1. The van der Waals surface area contributed by atoms with Gasteiger partial charge in [0, 0.05) is 17.3 Å². The van der Waals surface area contributed by atoms with E-state index in [1.54, 1.807) is 0 Å². The van der Waals surface area contributed by atoms with Gasteiger partial charge >= 0.3 is 0 Å². The molecule has 5 aliphatic rings. The topological polar surface area (TPSA) is 78.2 Å². The number of ketones is 2. The third-order valence-corrected chi connectivity index (χ3v) is 11.5. The molecular formula is C29H39NO3. The second kappa shape index (κ2) is 6.69. The first-order valence-electron chi connectivity index (χ1n) is 12.9. The lowest BCUT2D eigenvalue weighted by Crippen LogP contribution is -2.65. The number of aliphatic hydroxyl groups is 1. The minimum absolute atomic E-state index is 0.00952. The monoisotopic (exact) mass is 449 g/mol. The Morgan fingerprint density at radius 3 is 2.33 bits per heavy atom. The van der Waals surface area contributed by atoms with Crippen molar-refractivity contribution >= 4 is 11.6 Å². The van der Waals surface area contributed by atoms with Crippen LogP contribution in [-0.4, -0.2) is 22.3 Å². The first-order valence-corrected chi connectivity index (χ1v) is 12.9. The molecule has 0 bridgehead atoms. The molecule has 4 heteroatoms. The van der Waals surface area contributed by atoms with Crippen molar-refractivity contribution in [3.63, 3.8) is 0 Å². The van der Waals surface area contributed by atoms with E-state index in [9.17, 15) is 20.0 Å². The van der Waals surface area contributed by atoms with Gasteiger partial charge in [0.15, 0.2) is 11.6 Å². The van der Waals surface area contributed by atoms with Gasteiger partial charge in [-0.3, -0.25) is 9.59 Å². The molecule has 33 heavy (non-hydrogen) atoms. The van der Waals surface area contributed by atoms with E-state index in [-0.39, 0.29) is 57.1 Å². The van der Waals surface area contributed by atoms with Gasteiger partial charge < -0.3 is 5.11 Å². The number of rotatable bonds is 0. The summed E-state index contributed by atoms with van der Waals surface area (Å²) in [5.74, 6) is -0.178. The van der Waals surface area contributed by atoms with E-state index in [0.29, 0.717) is 0 Å².